The van der Waals surface area contributed by atoms with Gasteiger partial charge in [-0.15, -0.1) is 0 Å². The summed E-state index contributed by atoms with van der Waals surface area (Å²) >= 11 is 0. The fourth-order valence-corrected chi connectivity index (χ4v) is 3.22. The average molecular weight is 360 g/mol. The van der Waals surface area contributed by atoms with E-state index in [4.69, 9.17) is 9.47 Å². The van der Waals surface area contributed by atoms with Crippen molar-refractivity contribution in [2.75, 3.05) is 13.2 Å². The van der Waals surface area contributed by atoms with Gasteiger partial charge in [-0.3, -0.25) is 4.79 Å². The molecule has 0 fully saturated rings. The molecule has 7 heteroatoms. The van der Waals surface area contributed by atoms with Gasteiger partial charge in [-0.2, -0.15) is 5.01 Å². The summed E-state index contributed by atoms with van der Waals surface area (Å²) in [4.78, 5) is 37.9. The number of fused-ring (bicyclic) bond motifs is 1. The van der Waals surface area contributed by atoms with Gasteiger partial charge in [-0.05, 0) is 50.0 Å². The second-order valence-electron chi connectivity index (χ2n) is 5.82. The van der Waals surface area contributed by atoms with Gasteiger partial charge in [-0.1, -0.05) is 31.2 Å². The Morgan fingerprint density at radius 1 is 1.12 bits per heavy atom. The number of ketones is 1. The number of hydrogen-bond acceptors (Lipinski definition) is 5. The maximum Gasteiger partial charge on any atom is 0.430 e. The number of nitrogens with one attached hydrogen (secondary N) is 1. The predicted molar refractivity (Wildman–Crippen MR) is 96.1 cm³/mol. The van der Waals surface area contributed by atoms with Crippen molar-refractivity contribution in [3.63, 3.8) is 0 Å². The summed E-state index contributed by atoms with van der Waals surface area (Å²) in [7, 11) is 0. The lowest BCUT2D eigenvalue weighted by Gasteiger charge is -2.43. The molecule has 0 bridgehead atoms. The smallest absolute Gasteiger partial charge is 0.430 e. The summed E-state index contributed by atoms with van der Waals surface area (Å²) in [5, 5.41) is 0.964. The van der Waals surface area contributed by atoms with Gasteiger partial charge >= 0.3 is 12.2 Å². The summed E-state index contributed by atoms with van der Waals surface area (Å²) in [6.07, 6.45) is 0.379. The van der Waals surface area contributed by atoms with Crippen molar-refractivity contribution in [1.29, 1.82) is 0 Å². The molecule has 1 aromatic rings. The SMILES string of the molecule is CCOC(=O)NN(C(=O)OCC)[C@@]1(CC)C(=O)C(C)=Cc2ccccc21. The fraction of sp³-hybridized carbons (Fsp3) is 0.421. The Morgan fingerprint density at radius 2 is 1.77 bits per heavy atom. The van der Waals surface area contributed by atoms with Gasteiger partial charge < -0.3 is 9.47 Å². The molecule has 140 valence electrons. The zero-order chi connectivity index (χ0) is 19.3. The third kappa shape index (κ3) is 3.29. The van der Waals surface area contributed by atoms with Gasteiger partial charge in [0.1, 0.15) is 0 Å². The minimum atomic E-state index is -1.41. The van der Waals surface area contributed by atoms with Gasteiger partial charge in [0.25, 0.3) is 0 Å². The number of carbonyl (C=O) groups is 3. The number of amides is 2. The van der Waals surface area contributed by atoms with Crippen LogP contribution in [0, 0.1) is 0 Å². The molecule has 0 aromatic heterocycles. The van der Waals surface area contributed by atoms with E-state index in [1.165, 1.54) is 0 Å². The highest BCUT2D eigenvalue weighted by Crippen LogP contribution is 2.41. The molecule has 0 unspecified atom stereocenters. The van der Waals surface area contributed by atoms with Gasteiger partial charge in [0, 0.05) is 0 Å². The van der Waals surface area contributed by atoms with Crippen LogP contribution in [0.25, 0.3) is 6.08 Å². The third-order valence-electron chi connectivity index (χ3n) is 4.33. The van der Waals surface area contributed by atoms with Crippen LogP contribution in [0.15, 0.2) is 29.8 Å². The van der Waals surface area contributed by atoms with Crippen LogP contribution >= 0.6 is 0 Å². The molecular formula is C19H24N2O5. The highest BCUT2D eigenvalue weighted by molar-refractivity contribution is 6.10. The first-order valence-corrected chi connectivity index (χ1v) is 8.65. The summed E-state index contributed by atoms with van der Waals surface area (Å²) in [5.74, 6) is -0.274. The van der Waals surface area contributed by atoms with Crippen LogP contribution in [0.4, 0.5) is 9.59 Å². The molecule has 2 rings (SSSR count). The zero-order valence-corrected chi connectivity index (χ0v) is 15.5. The number of carbonyl (C=O) groups excluding carboxylic acids is 3. The van der Waals surface area contributed by atoms with E-state index >= 15 is 0 Å². The van der Waals surface area contributed by atoms with E-state index in [-0.39, 0.29) is 25.4 Å². The molecule has 0 radical (unpaired) electrons. The number of hydrazine groups is 1. The minimum Gasteiger partial charge on any atom is -0.449 e. The molecule has 26 heavy (non-hydrogen) atoms. The molecule has 1 atom stereocenters. The van der Waals surface area contributed by atoms with E-state index in [1.807, 2.05) is 12.1 Å². The Hall–Kier alpha value is -2.83. The molecule has 7 nitrogen and oxygen atoms in total. The fourth-order valence-electron chi connectivity index (χ4n) is 3.22. The average Bonchev–Trinajstić information content (AvgIpc) is 2.62. The Kier molecular flexibility index (Phi) is 6.02. The summed E-state index contributed by atoms with van der Waals surface area (Å²) < 4.78 is 10.0. The number of hydrogen-bond donors (Lipinski definition) is 1. The third-order valence-corrected chi connectivity index (χ3v) is 4.33. The standard InChI is InChI=1S/C19H24N2O5/c1-5-19(21(18(24)26-7-3)20-17(23)25-6-2)15-11-9-8-10-14(15)12-13(4)16(19)22/h8-12H,5-7H2,1-4H3,(H,20,23)/t19-/m1/s1. The Bertz CT molecular complexity index is 743. The summed E-state index contributed by atoms with van der Waals surface area (Å²) in [5.41, 5.74) is 2.93. The lowest BCUT2D eigenvalue weighted by atomic mass is 9.74. The zero-order valence-electron chi connectivity index (χ0n) is 15.5. The van der Waals surface area contributed by atoms with Gasteiger partial charge in [-0.25, -0.2) is 15.0 Å². The van der Waals surface area contributed by atoms with Crippen LogP contribution in [0.3, 0.4) is 0 Å². The van der Waals surface area contributed by atoms with E-state index in [9.17, 15) is 14.4 Å². The second-order valence-corrected chi connectivity index (χ2v) is 5.82. The first-order chi connectivity index (χ1) is 12.4. The van der Waals surface area contributed by atoms with Crippen LogP contribution in [0.5, 0.6) is 0 Å². The molecule has 0 spiro atoms. The van der Waals surface area contributed by atoms with Crippen molar-refractivity contribution in [3.8, 4) is 0 Å². The molecular weight excluding hydrogens is 336 g/mol. The van der Waals surface area contributed by atoms with Crippen molar-refractivity contribution in [1.82, 2.24) is 10.4 Å². The molecule has 0 heterocycles. The highest BCUT2D eigenvalue weighted by Gasteiger charge is 2.51. The van der Waals surface area contributed by atoms with Crippen molar-refractivity contribution in [3.05, 3.63) is 41.0 Å². The maximum atomic E-state index is 13.2. The predicted octanol–water partition coefficient (Wildman–Crippen LogP) is 3.40. The number of rotatable bonds is 4. The van der Waals surface area contributed by atoms with E-state index in [0.717, 1.165) is 10.6 Å². The van der Waals surface area contributed by atoms with Crippen LogP contribution < -0.4 is 5.43 Å². The van der Waals surface area contributed by atoms with Crippen LogP contribution in [0.1, 0.15) is 45.2 Å². The number of Topliss-reactive ketones (excluding diaryl/α,β-unsaturated/α-hetero) is 1. The Labute approximate surface area is 152 Å². The second kappa shape index (κ2) is 8.03. The van der Waals surface area contributed by atoms with Crippen molar-refractivity contribution >= 4 is 24.0 Å². The van der Waals surface area contributed by atoms with Crippen LogP contribution in [0.2, 0.25) is 0 Å². The molecule has 1 aromatic carbocycles. The molecule has 2 amide bonds. The topological polar surface area (TPSA) is 84.9 Å². The maximum absolute atomic E-state index is 13.2. The lowest BCUT2D eigenvalue weighted by Crippen LogP contribution is -2.62. The number of ether oxygens (including phenoxy) is 2. The molecule has 0 aliphatic heterocycles. The summed E-state index contributed by atoms with van der Waals surface area (Å²) in [6, 6.07) is 7.28. The molecule has 0 saturated heterocycles. The Balaban J connectivity index is 2.64. The lowest BCUT2D eigenvalue weighted by molar-refractivity contribution is -0.129. The first-order valence-electron chi connectivity index (χ1n) is 8.65. The molecule has 1 aliphatic carbocycles. The number of benzene rings is 1. The molecule has 1 N–H and O–H groups in total. The van der Waals surface area contributed by atoms with E-state index < -0.39 is 17.7 Å². The van der Waals surface area contributed by atoms with Gasteiger partial charge in [0.2, 0.25) is 0 Å². The Morgan fingerprint density at radius 3 is 2.38 bits per heavy atom. The van der Waals surface area contributed by atoms with Gasteiger partial charge in [0.05, 0.1) is 13.2 Å². The van der Waals surface area contributed by atoms with Crippen molar-refractivity contribution < 1.29 is 23.9 Å². The quantitative estimate of drug-likeness (QED) is 0.832. The monoisotopic (exact) mass is 360 g/mol. The van der Waals surface area contributed by atoms with Crippen molar-refractivity contribution in [2.24, 2.45) is 0 Å². The molecule has 1 aliphatic rings. The normalized spacial score (nSPS) is 18.5. The number of nitrogens with zero attached hydrogens (tertiary/aromatic N) is 1. The largest absolute Gasteiger partial charge is 0.449 e. The highest BCUT2D eigenvalue weighted by atomic mass is 16.6. The minimum absolute atomic E-state index is 0.101. The summed E-state index contributed by atoms with van der Waals surface area (Å²) in [6.45, 7) is 7.01. The van der Waals surface area contributed by atoms with Crippen LogP contribution in [-0.2, 0) is 19.8 Å². The van der Waals surface area contributed by atoms with Crippen molar-refractivity contribution in [2.45, 2.75) is 39.7 Å². The molecule has 0 saturated carbocycles. The van der Waals surface area contributed by atoms with Gasteiger partial charge in [0.15, 0.2) is 11.3 Å². The van der Waals surface area contributed by atoms with E-state index in [1.54, 1.807) is 45.9 Å². The first kappa shape index (κ1) is 19.5. The van der Waals surface area contributed by atoms with E-state index in [2.05, 4.69) is 5.43 Å². The van der Waals surface area contributed by atoms with Crippen LogP contribution in [-0.4, -0.2) is 36.2 Å². The van der Waals surface area contributed by atoms with E-state index in [0.29, 0.717) is 11.1 Å².